The van der Waals surface area contributed by atoms with E-state index in [1.165, 1.54) is 4.31 Å². The SMILES string of the molecule is CCN(CC)S(=O)(=O)c1ccc2c(c1)CCN2. The monoisotopic (exact) mass is 254 g/mol. The number of nitrogens with one attached hydrogen (secondary N) is 1. The van der Waals surface area contributed by atoms with E-state index in [0.717, 1.165) is 24.2 Å². The van der Waals surface area contributed by atoms with Gasteiger partial charge in [0.15, 0.2) is 0 Å². The average molecular weight is 254 g/mol. The molecule has 1 N–H and O–H groups in total. The van der Waals surface area contributed by atoms with Gasteiger partial charge in [-0.3, -0.25) is 0 Å². The average Bonchev–Trinajstić information content (AvgIpc) is 2.77. The van der Waals surface area contributed by atoms with Crippen LogP contribution in [-0.4, -0.2) is 32.4 Å². The molecule has 17 heavy (non-hydrogen) atoms. The second kappa shape index (κ2) is 4.66. The normalized spacial score (nSPS) is 14.8. The molecule has 1 heterocycles. The first kappa shape index (κ1) is 12.4. The topological polar surface area (TPSA) is 49.4 Å². The number of hydrogen-bond donors (Lipinski definition) is 1. The third kappa shape index (κ3) is 2.17. The summed E-state index contributed by atoms with van der Waals surface area (Å²) in [5.41, 5.74) is 2.15. The van der Waals surface area contributed by atoms with E-state index in [0.29, 0.717) is 18.0 Å². The van der Waals surface area contributed by atoms with E-state index in [4.69, 9.17) is 0 Å². The van der Waals surface area contributed by atoms with Crippen molar-refractivity contribution in [3.8, 4) is 0 Å². The summed E-state index contributed by atoms with van der Waals surface area (Å²) in [5.74, 6) is 0. The number of rotatable bonds is 4. The van der Waals surface area contributed by atoms with Gasteiger partial charge < -0.3 is 5.32 Å². The first-order valence-electron chi connectivity index (χ1n) is 5.96. The van der Waals surface area contributed by atoms with Crippen molar-refractivity contribution >= 4 is 15.7 Å². The molecule has 0 saturated heterocycles. The van der Waals surface area contributed by atoms with Crippen molar-refractivity contribution in [2.45, 2.75) is 25.2 Å². The minimum absolute atomic E-state index is 0.406. The molecule has 0 aromatic heterocycles. The van der Waals surface area contributed by atoms with Gasteiger partial charge in [0.2, 0.25) is 10.0 Å². The van der Waals surface area contributed by atoms with Gasteiger partial charge in [-0.05, 0) is 30.2 Å². The molecule has 0 fully saturated rings. The molecule has 1 aliphatic rings. The predicted octanol–water partition coefficient (Wildman–Crippen LogP) is 1.69. The third-order valence-corrected chi connectivity index (χ3v) is 5.18. The number of anilines is 1. The Bertz CT molecular complexity index is 507. The molecular weight excluding hydrogens is 236 g/mol. The molecule has 0 radical (unpaired) electrons. The summed E-state index contributed by atoms with van der Waals surface area (Å²) in [4.78, 5) is 0.406. The fraction of sp³-hybridized carbons (Fsp3) is 0.500. The van der Waals surface area contributed by atoms with Crippen molar-refractivity contribution in [3.05, 3.63) is 23.8 Å². The van der Waals surface area contributed by atoms with E-state index in [-0.39, 0.29) is 0 Å². The number of sulfonamides is 1. The van der Waals surface area contributed by atoms with Gasteiger partial charge in [0.25, 0.3) is 0 Å². The highest BCUT2D eigenvalue weighted by molar-refractivity contribution is 7.89. The van der Waals surface area contributed by atoms with Gasteiger partial charge in [-0.25, -0.2) is 8.42 Å². The number of benzene rings is 1. The fourth-order valence-electron chi connectivity index (χ4n) is 2.15. The van der Waals surface area contributed by atoms with Crippen LogP contribution in [0.3, 0.4) is 0 Å². The summed E-state index contributed by atoms with van der Waals surface area (Å²) in [7, 11) is -3.32. The smallest absolute Gasteiger partial charge is 0.243 e. The molecule has 1 aliphatic heterocycles. The van der Waals surface area contributed by atoms with Crippen LogP contribution >= 0.6 is 0 Å². The third-order valence-electron chi connectivity index (χ3n) is 3.13. The van der Waals surface area contributed by atoms with Gasteiger partial charge in [0.05, 0.1) is 4.90 Å². The molecule has 0 atom stereocenters. The molecule has 0 amide bonds. The zero-order chi connectivity index (χ0) is 12.5. The molecule has 0 aliphatic carbocycles. The Morgan fingerprint density at radius 1 is 1.29 bits per heavy atom. The molecule has 0 bridgehead atoms. The molecule has 0 saturated carbocycles. The predicted molar refractivity (Wildman–Crippen MR) is 68.7 cm³/mol. The Kier molecular flexibility index (Phi) is 3.40. The van der Waals surface area contributed by atoms with Crippen LogP contribution in [0.2, 0.25) is 0 Å². The first-order chi connectivity index (χ1) is 8.09. The maximum Gasteiger partial charge on any atom is 0.243 e. The molecular formula is C12H18N2O2S. The van der Waals surface area contributed by atoms with Gasteiger partial charge in [-0.2, -0.15) is 4.31 Å². The van der Waals surface area contributed by atoms with E-state index in [2.05, 4.69) is 5.32 Å². The summed E-state index contributed by atoms with van der Waals surface area (Å²) < 4.78 is 26.1. The van der Waals surface area contributed by atoms with E-state index < -0.39 is 10.0 Å². The fourth-order valence-corrected chi connectivity index (χ4v) is 3.66. The van der Waals surface area contributed by atoms with Crippen LogP contribution in [0.15, 0.2) is 23.1 Å². The number of fused-ring (bicyclic) bond motifs is 1. The van der Waals surface area contributed by atoms with Crippen LogP contribution < -0.4 is 5.32 Å². The van der Waals surface area contributed by atoms with Gasteiger partial charge in [0, 0.05) is 25.3 Å². The Morgan fingerprint density at radius 3 is 2.65 bits per heavy atom. The van der Waals surface area contributed by atoms with E-state index >= 15 is 0 Å². The molecule has 0 unspecified atom stereocenters. The zero-order valence-electron chi connectivity index (χ0n) is 10.2. The standard InChI is InChI=1S/C12H18N2O2S/c1-3-14(4-2)17(15,16)11-5-6-12-10(9-11)7-8-13-12/h5-6,9,13H,3-4,7-8H2,1-2H3. The zero-order valence-corrected chi connectivity index (χ0v) is 11.0. The van der Waals surface area contributed by atoms with E-state index in [1.54, 1.807) is 12.1 Å². The lowest BCUT2D eigenvalue weighted by atomic mass is 10.2. The molecule has 2 rings (SSSR count). The molecule has 4 nitrogen and oxygen atoms in total. The molecule has 1 aromatic rings. The van der Waals surface area contributed by atoms with Crippen molar-refractivity contribution in [3.63, 3.8) is 0 Å². The lowest BCUT2D eigenvalue weighted by Crippen LogP contribution is -2.30. The molecule has 0 spiro atoms. The van der Waals surface area contributed by atoms with E-state index in [1.807, 2.05) is 19.9 Å². The summed E-state index contributed by atoms with van der Waals surface area (Å²) in [6.45, 7) is 5.62. The minimum atomic E-state index is -3.32. The summed E-state index contributed by atoms with van der Waals surface area (Å²) in [6.07, 6.45) is 0.900. The van der Waals surface area contributed by atoms with Gasteiger partial charge in [-0.1, -0.05) is 13.8 Å². The van der Waals surface area contributed by atoms with Crippen molar-refractivity contribution < 1.29 is 8.42 Å². The highest BCUT2D eigenvalue weighted by Gasteiger charge is 2.23. The lowest BCUT2D eigenvalue weighted by Gasteiger charge is -2.18. The lowest BCUT2D eigenvalue weighted by molar-refractivity contribution is 0.445. The van der Waals surface area contributed by atoms with Crippen molar-refractivity contribution in [1.29, 1.82) is 0 Å². The van der Waals surface area contributed by atoms with Gasteiger partial charge in [0.1, 0.15) is 0 Å². The van der Waals surface area contributed by atoms with Crippen molar-refractivity contribution in [2.24, 2.45) is 0 Å². The summed E-state index contributed by atoms with van der Waals surface area (Å²) in [6, 6.07) is 5.34. The quantitative estimate of drug-likeness (QED) is 0.889. The molecule has 5 heteroatoms. The second-order valence-corrected chi connectivity index (χ2v) is 6.02. The number of hydrogen-bond acceptors (Lipinski definition) is 3. The Labute approximate surface area is 103 Å². The van der Waals surface area contributed by atoms with Crippen LogP contribution in [0, 0.1) is 0 Å². The Balaban J connectivity index is 2.40. The van der Waals surface area contributed by atoms with E-state index in [9.17, 15) is 8.42 Å². The first-order valence-corrected chi connectivity index (χ1v) is 7.40. The maximum atomic E-state index is 12.3. The largest absolute Gasteiger partial charge is 0.384 e. The summed E-state index contributed by atoms with van der Waals surface area (Å²) in [5, 5.41) is 3.23. The number of nitrogens with zero attached hydrogens (tertiary/aromatic N) is 1. The van der Waals surface area contributed by atoms with Crippen LogP contribution in [-0.2, 0) is 16.4 Å². The van der Waals surface area contributed by atoms with Crippen LogP contribution in [0.25, 0.3) is 0 Å². The van der Waals surface area contributed by atoms with Crippen molar-refractivity contribution in [1.82, 2.24) is 4.31 Å². The van der Waals surface area contributed by atoms with Crippen LogP contribution in [0.4, 0.5) is 5.69 Å². The highest BCUT2D eigenvalue weighted by atomic mass is 32.2. The van der Waals surface area contributed by atoms with Crippen LogP contribution in [0.5, 0.6) is 0 Å². The highest BCUT2D eigenvalue weighted by Crippen LogP contribution is 2.26. The van der Waals surface area contributed by atoms with Crippen LogP contribution in [0.1, 0.15) is 19.4 Å². The summed E-state index contributed by atoms with van der Waals surface area (Å²) >= 11 is 0. The van der Waals surface area contributed by atoms with Gasteiger partial charge in [-0.15, -0.1) is 0 Å². The molecule has 1 aromatic carbocycles. The molecule has 94 valence electrons. The maximum absolute atomic E-state index is 12.3. The second-order valence-electron chi connectivity index (χ2n) is 4.09. The van der Waals surface area contributed by atoms with Gasteiger partial charge >= 0.3 is 0 Å². The Hall–Kier alpha value is -1.07. The van der Waals surface area contributed by atoms with Crippen molar-refractivity contribution in [2.75, 3.05) is 25.0 Å². The minimum Gasteiger partial charge on any atom is -0.384 e. The Morgan fingerprint density at radius 2 is 2.00 bits per heavy atom.